The van der Waals surface area contributed by atoms with E-state index >= 15 is 0 Å². The van der Waals surface area contributed by atoms with Crippen LogP contribution >= 0.6 is 0 Å². The molecule has 0 radical (unpaired) electrons. The molecule has 0 N–H and O–H groups in total. The normalized spacial score (nSPS) is 25.6. The van der Waals surface area contributed by atoms with Gasteiger partial charge >= 0.3 is 5.63 Å². The lowest BCUT2D eigenvalue weighted by Gasteiger charge is -1.95. The second kappa shape index (κ2) is 3.45. The first-order chi connectivity index (χ1) is 6.83. The first kappa shape index (κ1) is 9.25. The van der Waals surface area contributed by atoms with Gasteiger partial charge in [-0.15, -0.1) is 0 Å². The quantitative estimate of drug-likeness (QED) is 0.608. The predicted molar refractivity (Wildman–Crippen MR) is 56.1 cm³/mol. The van der Waals surface area contributed by atoms with Crippen LogP contribution in [0.4, 0.5) is 0 Å². The van der Waals surface area contributed by atoms with Crippen LogP contribution < -0.4 is 16.3 Å². The van der Waals surface area contributed by atoms with Crippen molar-refractivity contribution in [1.82, 2.24) is 0 Å². The lowest BCUT2D eigenvalue weighted by atomic mass is 10.2. The summed E-state index contributed by atoms with van der Waals surface area (Å²) in [6.07, 6.45) is 5.49. The minimum Gasteiger partial charge on any atom is -0.423 e. The summed E-state index contributed by atoms with van der Waals surface area (Å²) in [6.45, 7) is 4.00. The molecule has 0 bridgehead atoms. The molecule has 3 rings (SSSR count). The molecule has 2 nitrogen and oxygen atoms in total. The van der Waals surface area contributed by atoms with Crippen LogP contribution in [0.1, 0.15) is 20.3 Å². The summed E-state index contributed by atoms with van der Waals surface area (Å²) in [7, 11) is 0. The second-order valence-electron chi connectivity index (χ2n) is 3.47. The maximum Gasteiger partial charge on any atom is 0.336 e. The van der Waals surface area contributed by atoms with Gasteiger partial charge in [-0.3, -0.25) is 0 Å². The third-order valence-corrected chi connectivity index (χ3v) is 2.54. The SMILES string of the molecule is CC.O=c1ccc2c(o1)=CC1CC1C=2. The molecule has 2 atom stereocenters. The van der Waals surface area contributed by atoms with Crippen LogP contribution in [0.3, 0.4) is 0 Å². The van der Waals surface area contributed by atoms with Crippen molar-refractivity contribution in [2.75, 3.05) is 0 Å². The molecule has 1 aromatic rings. The Labute approximate surface area is 82.6 Å². The van der Waals surface area contributed by atoms with Gasteiger partial charge in [0.25, 0.3) is 0 Å². The molecule has 2 aliphatic carbocycles. The van der Waals surface area contributed by atoms with Crippen molar-refractivity contribution in [3.8, 4) is 0 Å². The molecule has 2 unspecified atom stereocenters. The highest BCUT2D eigenvalue weighted by atomic mass is 16.4. The van der Waals surface area contributed by atoms with Crippen LogP contribution in [0.2, 0.25) is 0 Å². The van der Waals surface area contributed by atoms with E-state index in [0.29, 0.717) is 11.8 Å². The van der Waals surface area contributed by atoms with Gasteiger partial charge in [-0.1, -0.05) is 19.9 Å². The molecule has 2 heteroatoms. The van der Waals surface area contributed by atoms with Crippen molar-refractivity contribution in [2.24, 2.45) is 11.8 Å². The van der Waals surface area contributed by atoms with Gasteiger partial charge in [0.1, 0.15) is 5.42 Å². The number of fused-ring (bicyclic) bond motifs is 2. The summed E-state index contributed by atoms with van der Waals surface area (Å²) < 4.78 is 5.05. The van der Waals surface area contributed by atoms with Crippen LogP contribution in [0.15, 0.2) is 21.3 Å². The van der Waals surface area contributed by atoms with Gasteiger partial charge < -0.3 is 4.42 Å². The van der Waals surface area contributed by atoms with Gasteiger partial charge in [-0.05, 0) is 30.4 Å². The summed E-state index contributed by atoms with van der Waals surface area (Å²) >= 11 is 0. The van der Waals surface area contributed by atoms with Gasteiger partial charge in [-0.25, -0.2) is 4.79 Å². The van der Waals surface area contributed by atoms with Gasteiger partial charge in [0.15, 0.2) is 0 Å². The monoisotopic (exact) mass is 190 g/mol. The Balaban J connectivity index is 0.000000354. The van der Waals surface area contributed by atoms with Crippen molar-refractivity contribution < 1.29 is 4.42 Å². The summed E-state index contributed by atoms with van der Waals surface area (Å²) in [5, 5.41) is 1.08. The van der Waals surface area contributed by atoms with Crippen molar-refractivity contribution in [1.29, 1.82) is 0 Å². The largest absolute Gasteiger partial charge is 0.423 e. The van der Waals surface area contributed by atoms with Crippen LogP contribution in [0.25, 0.3) is 12.2 Å². The molecule has 74 valence electrons. The molecule has 0 aliphatic heterocycles. The lowest BCUT2D eigenvalue weighted by Crippen LogP contribution is -2.30. The molecule has 0 spiro atoms. The predicted octanol–water partition coefficient (Wildman–Crippen LogP) is 0.877. The second-order valence-corrected chi connectivity index (χ2v) is 3.47. The van der Waals surface area contributed by atoms with Crippen LogP contribution in [0, 0.1) is 11.8 Å². The van der Waals surface area contributed by atoms with E-state index < -0.39 is 0 Å². The Kier molecular flexibility index (Phi) is 2.28. The van der Waals surface area contributed by atoms with Crippen LogP contribution in [-0.4, -0.2) is 0 Å². The fraction of sp³-hybridized carbons (Fsp3) is 0.417. The number of hydrogen-bond acceptors (Lipinski definition) is 2. The maximum absolute atomic E-state index is 10.9. The van der Waals surface area contributed by atoms with Crippen molar-refractivity contribution in [3.05, 3.63) is 33.2 Å². The van der Waals surface area contributed by atoms with E-state index in [0.717, 1.165) is 10.6 Å². The van der Waals surface area contributed by atoms with Gasteiger partial charge in [-0.2, -0.15) is 0 Å². The topological polar surface area (TPSA) is 30.2 Å². The zero-order chi connectivity index (χ0) is 10.1. The van der Waals surface area contributed by atoms with E-state index in [9.17, 15) is 4.79 Å². The standard InChI is InChI=1S/C10H8O2.C2H6/c11-10-2-1-6-3-7-4-8(7)5-9(6)12-10;1-2/h1-3,5,7-8H,4H2;1-2H3. The highest BCUT2D eigenvalue weighted by molar-refractivity contribution is 5.46. The Morgan fingerprint density at radius 2 is 1.93 bits per heavy atom. The first-order valence-corrected chi connectivity index (χ1v) is 5.17. The lowest BCUT2D eigenvalue weighted by molar-refractivity contribution is 0.470. The van der Waals surface area contributed by atoms with Crippen molar-refractivity contribution in [2.45, 2.75) is 20.3 Å². The molecule has 2 aliphatic rings. The average molecular weight is 190 g/mol. The van der Waals surface area contributed by atoms with Gasteiger partial charge in [0, 0.05) is 11.3 Å². The molecule has 1 aromatic heterocycles. The molecular formula is C12H14O2. The molecule has 0 amide bonds. The molecular weight excluding hydrogens is 176 g/mol. The minimum absolute atomic E-state index is 0.252. The van der Waals surface area contributed by atoms with Crippen molar-refractivity contribution >= 4 is 12.2 Å². The molecule has 0 saturated heterocycles. The zero-order valence-electron chi connectivity index (χ0n) is 8.49. The van der Waals surface area contributed by atoms with E-state index in [1.54, 1.807) is 0 Å². The van der Waals surface area contributed by atoms with Crippen molar-refractivity contribution in [3.63, 3.8) is 0 Å². The first-order valence-electron chi connectivity index (χ1n) is 5.17. The Morgan fingerprint density at radius 3 is 2.71 bits per heavy atom. The molecule has 14 heavy (non-hydrogen) atoms. The van der Waals surface area contributed by atoms with E-state index in [1.165, 1.54) is 12.5 Å². The number of hydrogen-bond donors (Lipinski definition) is 0. The van der Waals surface area contributed by atoms with E-state index in [2.05, 4.69) is 12.2 Å². The van der Waals surface area contributed by atoms with E-state index in [4.69, 9.17) is 4.42 Å². The van der Waals surface area contributed by atoms with E-state index in [-0.39, 0.29) is 5.63 Å². The summed E-state index contributed by atoms with van der Waals surface area (Å²) in [6, 6.07) is 3.32. The van der Waals surface area contributed by atoms with Gasteiger partial charge in [0.2, 0.25) is 0 Å². The van der Waals surface area contributed by atoms with E-state index in [1.807, 2.05) is 19.9 Å². The highest BCUT2D eigenvalue weighted by Crippen LogP contribution is 2.41. The Hall–Kier alpha value is -1.31. The van der Waals surface area contributed by atoms with Crippen LogP contribution in [0.5, 0.6) is 0 Å². The zero-order valence-corrected chi connectivity index (χ0v) is 8.49. The summed E-state index contributed by atoms with van der Waals surface area (Å²) in [4.78, 5) is 10.9. The van der Waals surface area contributed by atoms with Crippen LogP contribution in [-0.2, 0) is 0 Å². The van der Waals surface area contributed by atoms with Gasteiger partial charge in [0.05, 0.1) is 0 Å². The fourth-order valence-corrected chi connectivity index (χ4v) is 1.75. The Morgan fingerprint density at radius 1 is 1.21 bits per heavy atom. The fourth-order valence-electron chi connectivity index (χ4n) is 1.75. The highest BCUT2D eigenvalue weighted by Gasteiger charge is 2.34. The minimum atomic E-state index is -0.252. The average Bonchev–Trinajstić information content (AvgIpc) is 2.95. The smallest absolute Gasteiger partial charge is 0.336 e. The molecule has 1 fully saturated rings. The number of rotatable bonds is 0. The summed E-state index contributed by atoms with van der Waals surface area (Å²) in [5.74, 6) is 1.35. The molecule has 1 saturated carbocycles. The molecule has 0 aromatic carbocycles. The third-order valence-electron chi connectivity index (χ3n) is 2.54. The molecule has 1 heterocycles. The Bertz CT molecular complexity index is 496. The summed E-state index contributed by atoms with van der Waals surface area (Å²) in [5.41, 5.74) is 0.513. The maximum atomic E-state index is 10.9. The third kappa shape index (κ3) is 1.52.